The molecule has 0 saturated carbocycles. The van der Waals surface area contributed by atoms with Gasteiger partial charge in [0.25, 0.3) is 0 Å². The highest BCUT2D eigenvalue weighted by atomic mass is 16.5. The molecule has 2 aliphatic rings. The average Bonchev–Trinajstić information content (AvgIpc) is 2.05. The molecule has 0 radical (unpaired) electrons. The van der Waals surface area contributed by atoms with Crippen molar-refractivity contribution in [1.29, 1.82) is 0 Å². The van der Waals surface area contributed by atoms with Crippen LogP contribution in [0.5, 0.6) is 0 Å². The number of hydrogen-bond donors (Lipinski definition) is 2. The molecule has 0 aromatic rings. The van der Waals surface area contributed by atoms with E-state index in [2.05, 4.69) is 10.6 Å². The predicted octanol–water partition coefficient (Wildman–Crippen LogP) is -0.663. The van der Waals surface area contributed by atoms with Gasteiger partial charge >= 0.3 is 0 Å². The lowest BCUT2D eigenvalue weighted by Crippen LogP contribution is -2.56. The molecular formula is C7H14N2O. The quantitative estimate of drug-likeness (QED) is 0.471. The molecule has 0 unspecified atom stereocenters. The van der Waals surface area contributed by atoms with Crippen molar-refractivity contribution < 1.29 is 4.74 Å². The minimum absolute atomic E-state index is 0.433. The zero-order valence-corrected chi connectivity index (χ0v) is 6.10. The van der Waals surface area contributed by atoms with Gasteiger partial charge in [0.15, 0.2) is 0 Å². The molecular weight excluding hydrogens is 128 g/mol. The second-order valence-corrected chi connectivity index (χ2v) is 2.96. The summed E-state index contributed by atoms with van der Waals surface area (Å²) in [5, 5.41) is 6.77. The SMILES string of the molecule is C1C[C@@H]2NCCO[C@H]2CN1. The Labute approximate surface area is 61.1 Å². The Morgan fingerprint density at radius 1 is 1.30 bits per heavy atom. The Balaban J connectivity index is 1.93. The summed E-state index contributed by atoms with van der Waals surface area (Å²) in [5.74, 6) is 0. The lowest BCUT2D eigenvalue weighted by atomic mass is 10.0. The van der Waals surface area contributed by atoms with E-state index >= 15 is 0 Å². The van der Waals surface area contributed by atoms with E-state index < -0.39 is 0 Å². The smallest absolute Gasteiger partial charge is 0.0853 e. The Kier molecular flexibility index (Phi) is 1.88. The van der Waals surface area contributed by atoms with Gasteiger partial charge in [-0.15, -0.1) is 0 Å². The van der Waals surface area contributed by atoms with Gasteiger partial charge in [-0.3, -0.25) is 0 Å². The van der Waals surface area contributed by atoms with E-state index in [0.29, 0.717) is 12.1 Å². The van der Waals surface area contributed by atoms with Crippen molar-refractivity contribution >= 4 is 0 Å². The minimum Gasteiger partial charge on any atom is -0.374 e. The standard InChI is InChI=1S/C7H14N2O/c1-2-8-5-7-6(1)9-3-4-10-7/h6-9H,1-5H2/t6-,7-/m0/s1. The van der Waals surface area contributed by atoms with Crippen LogP contribution in [-0.2, 0) is 4.74 Å². The van der Waals surface area contributed by atoms with Gasteiger partial charge in [-0.2, -0.15) is 0 Å². The first kappa shape index (κ1) is 6.58. The Bertz CT molecular complexity index is 92.2. The van der Waals surface area contributed by atoms with Crippen molar-refractivity contribution in [2.45, 2.75) is 18.6 Å². The maximum atomic E-state index is 5.56. The highest BCUT2D eigenvalue weighted by molar-refractivity contribution is 4.86. The number of fused-ring (bicyclic) bond motifs is 1. The number of morpholine rings is 1. The van der Waals surface area contributed by atoms with Crippen molar-refractivity contribution in [3.63, 3.8) is 0 Å². The van der Waals surface area contributed by atoms with Gasteiger partial charge < -0.3 is 15.4 Å². The maximum absolute atomic E-state index is 5.56. The molecule has 2 rings (SSSR count). The molecule has 0 spiro atoms. The third-order valence-corrected chi connectivity index (χ3v) is 2.27. The molecule has 2 N–H and O–H groups in total. The average molecular weight is 142 g/mol. The molecule has 0 aromatic heterocycles. The number of rotatable bonds is 0. The third kappa shape index (κ3) is 1.17. The first-order valence-corrected chi connectivity index (χ1v) is 4.02. The molecule has 0 amide bonds. The van der Waals surface area contributed by atoms with Crippen molar-refractivity contribution in [2.75, 3.05) is 26.2 Å². The van der Waals surface area contributed by atoms with Crippen LogP contribution < -0.4 is 10.6 Å². The van der Waals surface area contributed by atoms with Gasteiger partial charge in [0.05, 0.1) is 12.7 Å². The minimum atomic E-state index is 0.433. The molecule has 10 heavy (non-hydrogen) atoms. The summed E-state index contributed by atoms with van der Waals surface area (Å²) in [5.41, 5.74) is 0. The van der Waals surface area contributed by atoms with Crippen LogP contribution in [0.4, 0.5) is 0 Å². The van der Waals surface area contributed by atoms with Crippen LogP contribution >= 0.6 is 0 Å². The molecule has 0 aromatic carbocycles. The van der Waals surface area contributed by atoms with Crippen LogP contribution in [0.2, 0.25) is 0 Å². The summed E-state index contributed by atoms with van der Waals surface area (Å²) < 4.78 is 5.56. The van der Waals surface area contributed by atoms with Crippen LogP contribution in [0.25, 0.3) is 0 Å². The first-order valence-electron chi connectivity index (χ1n) is 4.02. The van der Waals surface area contributed by atoms with Gasteiger partial charge in [0.1, 0.15) is 0 Å². The summed E-state index contributed by atoms with van der Waals surface area (Å²) in [6.45, 7) is 4.07. The topological polar surface area (TPSA) is 33.3 Å². The summed E-state index contributed by atoms with van der Waals surface area (Å²) in [6.07, 6.45) is 1.65. The second-order valence-electron chi connectivity index (χ2n) is 2.96. The molecule has 3 heteroatoms. The number of ether oxygens (including phenoxy) is 1. The highest BCUT2D eigenvalue weighted by Gasteiger charge is 2.27. The summed E-state index contributed by atoms with van der Waals surface area (Å²) in [7, 11) is 0. The molecule has 2 aliphatic heterocycles. The zero-order valence-electron chi connectivity index (χ0n) is 6.10. The lowest BCUT2D eigenvalue weighted by Gasteiger charge is -2.36. The number of piperidine rings is 1. The number of hydrogen-bond acceptors (Lipinski definition) is 3. The Morgan fingerprint density at radius 3 is 3.20 bits per heavy atom. The maximum Gasteiger partial charge on any atom is 0.0853 e. The zero-order chi connectivity index (χ0) is 6.81. The van der Waals surface area contributed by atoms with Gasteiger partial charge in [-0.05, 0) is 13.0 Å². The van der Waals surface area contributed by atoms with Crippen molar-refractivity contribution in [1.82, 2.24) is 10.6 Å². The predicted molar refractivity (Wildman–Crippen MR) is 39.0 cm³/mol. The Hall–Kier alpha value is -0.120. The second kappa shape index (κ2) is 2.86. The first-order chi connectivity index (χ1) is 4.97. The normalized spacial score (nSPS) is 40.8. The van der Waals surface area contributed by atoms with E-state index in [1.807, 2.05) is 0 Å². The van der Waals surface area contributed by atoms with E-state index in [1.54, 1.807) is 0 Å². The fourth-order valence-electron chi connectivity index (χ4n) is 1.69. The fraction of sp³-hybridized carbons (Fsp3) is 1.00. The van der Waals surface area contributed by atoms with E-state index in [1.165, 1.54) is 6.42 Å². The lowest BCUT2D eigenvalue weighted by molar-refractivity contribution is -0.0152. The van der Waals surface area contributed by atoms with E-state index in [-0.39, 0.29) is 0 Å². The van der Waals surface area contributed by atoms with Crippen LogP contribution in [0.3, 0.4) is 0 Å². The van der Waals surface area contributed by atoms with Gasteiger partial charge in [-0.1, -0.05) is 0 Å². The summed E-state index contributed by atoms with van der Waals surface area (Å²) in [4.78, 5) is 0. The van der Waals surface area contributed by atoms with Crippen molar-refractivity contribution in [3.8, 4) is 0 Å². The van der Waals surface area contributed by atoms with Crippen LogP contribution in [-0.4, -0.2) is 38.4 Å². The number of nitrogens with one attached hydrogen (secondary N) is 2. The van der Waals surface area contributed by atoms with E-state index in [4.69, 9.17) is 4.74 Å². The van der Waals surface area contributed by atoms with Crippen LogP contribution in [0.1, 0.15) is 6.42 Å². The molecule has 58 valence electrons. The van der Waals surface area contributed by atoms with E-state index in [9.17, 15) is 0 Å². The third-order valence-electron chi connectivity index (χ3n) is 2.27. The van der Waals surface area contributed by atoms with E-state index in [0.717, 1.165) is 26.2 Å². The monoisotopic (exact) mass is 142 g/mol. The Morgan fingerprint density at radius 2 is 2.30 bits per heavy atom. The van der Waals surface area contributed by atoms with Gasteiger partial charge in [0.2, 0.25) is 0 Å². The van der Waals surface area contributed by atoms with Crippen LogP contribution in [0.15, 0.2) is 0 Å². The molecule has 2 atom stereocenters. The largest absolute Gasteiger partial charge is 0.374 e. The fourth-order valence-corrected chi connectivity index (χ4v) is 1.69. The molecule has 2 saturated heterocycles. The van der Waals surface area contributed by atoms with Crippen molar-refractivity contribution in [2.24, 2.45) is 0 Å². The molecule has 2 heterocycles. The molecule has 2 fully saturated rings. The highest BCUT2D eigenvalue weighted by Crippen LogP contribution is 2.10. The molecule has 0 bridgehead atoms. The summed E-state index contributed by atoms with van der Waals surface area (Å²) >= 11 is 0. The summed E-state index contributed by atoms with van der Waals surface area (Å²) in [6, 6.07) is 0.620. The molecule has 0 aliphatic carbocycles. The van der Waals surface area contributed by atoms with Gasteiger partial charge in [-0.25, -0.2) is 0 Å². The van der Waals surface area contributed by atoms with Crippen LogP contribution in [0, 0.1) is 0 Å². The molecule has 3 nitrogen and oxygen atoms in total. The van der Waals surface area contributed by atoms with Crippen molar-refractivity contribution in [3.05, 3.63) is 0 Å². The van der Waals surface area contributed by atoms with Gasteiger partial charge in [0, 0.05) is 19.1 Å².